The Morgan fingerprint density at radius 3 is 2.82 bits per heavy atom. The van der Waals surface area contributed by atoms with E-state index in [1.54, 1.807) is 6.92 Å². The number of rotatable bonds is 4. The van der Waals surface area contributed by atoms with E-state index in [9.17, 15) is 13.6 Å². The number of carbonyl (C=O) groups is 1. The van der Waals surface area contributed by atoms with Crippen molar-refractivity contribution in [3.05, 3.63) is 53.2 Å². The highest BCUT2D eigenvalue weighted by atomic mass is 32.2. The summed E-state index contributed by atoms with van der Waals surface area (Å²) in [4.78, 5) is 21.5. The van der Waals surface area contributed by atoms with Crippen molar-refractivity contribution in [2.45, 2.75) is 17.2 Å². The number of fused-ring (bicyclic) bond motifs is 1. The molecule has 0 aliphatic rings. The minimum absolute atomic E-state index is 0.148. The second-order valence-electron chi connectivity index (χ2n) is 4.57. The summed E-state index contributed by atoms with van der Waals surface area (Å²) in [6, 6.07) is 5.08. The topological polar surface area (TPSA) is 42.9 Å². The fraction of sp³-hybridized carbons (Fsp3) is 0.133. The van der Waals surface area contributed by atoms with Crippen molar-refractivity contribution in [2.24, 2.45) is 0 Å². The second kappa shape index (κ2) is 6.10. The Morgan fingerprint density at radius 1 is 1.23 bits per heavy atom. The third-order valence-electron chi connectivity index (χ3n) is 3.09. The molecule has 3 nitrogen and oxygen atoms in total. The number of aromatic nitrogens is 2. The van der Waals surface area contributed by atoms with Crippen molar-refractivity contribution >= 4 is 39.1 Å². The summed E-state index contributed by atoms with van der Waals surface area (Å²) < 4.78 is 26.2. The van der Waals surface area contributed by atoms with Crippen LogP contribution in [0.2, 0.25) is 0 Å². The maximum atomic E-state index is 13.2. The Labute approximate surface area is 133 Å². The lowest BCUT2D eigenvalue weighted by molar-refractivity contribution is 0.0993. The van der Waals surface area contributed by atoms with E-state index in [1.165, 1.54) is 35.5 Å². The lowest BCUT2D eigenvalue weighted by Crippen LogP contribution is -2.14. The highest BCUT2D eigenvalue weighted by molar-refractivity contribution is 8.00. The van der Waals surface area contributed by atoms with E-state index in [-0.39, 0.29) is 11.3 Å². The Bertz CT molecular complexity index is 850. The average molecular weight is 336 g/mol. The molecule has 22 heavy (non-hydrogen) atoms. The monoisotopic (exact) mass is 336 g/mol. The van der Waals surface area contributed by atoms with Gasteiger partial charge >= 0.3 is 0 Å². The fourth-order valence-electron chi connectivity index (χ4n) is 1.97. The van der Waals surface area contributed by atoms with E-state index >= 15 is 0 Å². The zero-order valence-electron chi connectivity index (χ0n) is 11.4. The van der Waals surface area contributed by atoms with Gasteiger partial charge in [-0.15, -0.1) is 11.3 Å². The van der Waals surface area contributed by atoms with Crippen LogP contribution in [0.5, 0.6) is 0 Å². The molecule has 0 N–H and O–H groups in total. The quantitative estimate of drug-likeness (QED) is 0.404. The van der Waals surface area contributed by atoms with Crippen molar-refractivity contribution in [3.63, 3.8) is 0 Å². The number of ketones is 1. The summed E-state index contributed by atoms with van der Waals surface area (Å²) in [6.45, 7) is 1.72. The first-order valence-electron chi connectivity index (χ1n) is 6.40. The van der Waals surface area contributed by atoms with Gasteiger partial charge in [0.25, 0.3) is 0 Å². The third-order valence-corrected chi connectivity index (χ3v) is 5.02. The molecular formula is C15H10F2N2OS2. The van der Waals surface area contributed by atoms with Crippen LogP contribution in [-0.2, 0) is 0 Å². The minimum Gasteiger partial charge on any atom is -0.293 e. The van der Waals surface area contributed by atoms with Crippen LogP contribution in [-0.4, -0.2) is 21.0 Å². The Hall–Kier alpha value is -1.86. The number of benzene rings is 1. The number of nitrogens with zero attached hydrogens (tertiary/aromatic N) is 2. The first-order chi connectivity index (χ1) is 10.6. The molecule has 0 amide bonds. The normalized spacial score (nSPS) is 12.5. The van der Waals surface area contributed by atoms with E-state index in [0.717, 1.165) is 22.3 Å². The predicted octanol–water partition coefficient (Wildman–Crippen LogP) is 4.33. The Kier molecular flexibility index (Phi) is 4.17. The van der Waals surface area contributed by atoms with Crippen molar-refractivity contribution in [2.75, 3.05) is 0 Å². The summed E-state index contributed by atoms with van der Waals surface area (Å²) >= 11 is 2.78. The molecule has 0 saturated carbocycles. The SMILES string of the molecule is C[C@H](Sc1ncnc2sccc12)C(=O)c1ccc(F)c(F)c1. The number of Topliss-reactive ketones (excluding diaryl/α,β-unsaturated/α-hetero) is 1. The molecule has 0 spiro atoms. The number of thiophene rings is 1. The zero-order valence-corrected chi connectivity index (χ0v) is 13.0. The molecule has 2 aromatic heterocycles. The van der Waals surface area contributed by atoms with Crippen LogP contribution in [0.1, 0.15) is 17.3 Å². The number of hydrogen-bond acceptors (Lipinski definition) is 5. The van der Waals surface area contributed by atoms with Gasteiger partial charge in [-0.25, -0.2) is 18.7 Å². The van der Waals surface area contributed by atoms with Gasteiger partial charge in [0.2, 0.25) is 0 Å². The van der Waals surface area contributed by atoms with Crippen LogP contribution in [0.15, 0.2) is 41.0 Å². The van der Waals surface area contributed by atoms with Gasteiger partial charge in [0, 0.05) is 10.9 Å². The van der Waals surface area contributed by atoms with Gasteiger partial charge in [0.1, 0.15) is 16.2 Å². The van der Waals surface area contributed by atoms with Gasteiger partial charge in [-0.2, -0.15) is 0 Å². The molecule has 3 rings (SSSR count). The third kappa shape index (κ3) is 2.86. The van der Waals surface area contributed by atoms with Crippen LogP contribution in [0.3, 0.4) is 0 Å². The van der Waals surface area contributed by atoms with Gasteiger partial charge in [-0.1, -0.05) is 11.8 Å². The van der Waals surface area contributed by atoms with Crippen LogP contribution in [0.25, 0.3) is 10.2 Å². The largest absolute Gasteiger partial charge is 0.293 e. The van der Waals surface area contributed by atoms with E-state index in [0.29, 0.717) is 5.03 Å². The molecule has 2 heterocycles. The number of hydrogen-bond donors (Lipinski definition) is 0. The second-order valence-corrected chi connectivity index (χ2v) is 6.80. The van der Waals surface area contributed by atoms with Gasteiger partial charge in [-0.3, -0.25) is 4.79 Å². The van der Waals surface area contributed by atoms with Gasteiger partial charge in [0.05, 0.1) is 5.25 Å². The van der Waals surface area contributed by atoms with Crippen molar-refractivity contribution in [1.82, 2.24) is 9.97 Å². The number of thioether (sulfide) groups is 1. The number of halogens is 2. The molecule has 0 fully saturated rings. The smallest absolute Gasteiger partial charge is 0.176 e. The molecule has 0 radical (unpaired) electrons. The molecule has 1 aromatic carbocycles. The molecule has 0 saturated heterocycles. The average Bonchev–Trinajstić information content (AvgIpc) is 2.99. The van der Waals surface area contributed by atoms with Gasteiger partial charge in [-0.05, 0) is 36.6 Å². The van der Waals surface area contributed by atoms with E-state index in [1.807, 2.05) is 11.4 Å². The molecule has 0 bridgehead atoms. The van der Waals surface area contributed by atoms with Gasteiger partial charge in [0.15, 0.2) is 17.4 Å². The van der Waals surface area contributed by atoms with Crippen molar-refractivity contribution < 1.29 is 13.6 Å². The first-order valence-corrected chi connectivity index (χ1v) is 8.16. The number of carbonyl (C=O) groups excluding carboxylic acids is 1. The summed E-state index contributed by atoms with van der Waals surface area (Å²) in [7, 11) is 0. The predicted molar refractivity (Wildman–Crippen MR) is 83.4 cm³/mol. The lowest BCUT2D eigenvalue weighted by atomic mass is 10.1. The summed E-state index contributed by atoms with van der Waals surface area (Å²) in [5, 5.41) is 3.03. The zero-order chi connectivity index (χ0) is 15.7. The summed E-state index contributed by atoms with van der Waals surface area (Å²) in [5.41, 5.74) is 0.148. The Morgan fingerprint density at radius 2 is 2.05 bits per heavy atom. The lowest BCUT2D eigenvalue weighted by Gasteiger charge is -2.10. The molecule has 0 aliphatic carbocycles. The minimum atomic E-state index is -1.02. The summed E-state index contributed by atoms with van der Waals surface area (Å²) in [5.74, 6) is -2.26. The highest BCUT2D eigenvalue weighted by Crippen LogP contribution is 2.31. The first kappa shape index (κ1) is 15.1. The van der Waals surface area contributed by atoms with Crippen LogP contribution in [0.4, 0.5) is 8.78 Å². The van der Waals surface area contributed by atoms with E-state index in [4.69, 9.17) is 0 Å². The molecule has 1 atom stereocenters. The maximum absolute atomic E-state index is 13.2. The summed E-state index contributed by atoms with van der Waals surface area (Å²) in [6.07, 6.45) is 1.45. The molecular weight excluding hydrogens is 326 g/mol. The highest BCUT2D eigenvalue weighted by Gasteiger charge is 2.20. The van der Waals surface area contributed by atoms with Crippen LogP contribution < -0.4 is 0 Å². The Balaban J connectivity index is 1.84. The molecule has 112 valence electrons. The van der Waals surface area contributed by atoms with Crippen LogP contribution in [0, 0.1) is 11.6 Å². The maximum Gasteiger partial charge on any atom is 0.176 e. The molecule has 7 heteroatoms. The van der Waals surface area contributed by atoms with Crippen LogP contribution >= 0.6 is 23.1 Å². The van der Waals surface area contributed by atoms with Crippen molar-refractivity contribution in [1.29, 1.82) is 0 Å². The molecule has 3 aromatic rings. The standard InChI is InChI=1S/C15H10F2N2OS2/c1-8(13(20)9-2-3-11(16)12(17)6-9)22-15-10-4-5-21-14(10)18-7-19-15/h2-8H,1H3/t8-/m0/s1. The molecule has 0 unspecified atom stereocenters. The van der Waals surface area contributed by atoms with Crippen molar-refractivity contribution in [3.8, 4) is 0 Å². The van der Waals surface area contributed by atoms with E-state index < -0.39 is 16.9 Å². The molecule has 0 aliphatic heterocycles. The van der Waals surface area contributed by atoms with E-state index in [2.05, 4.69) is 9.97 Å². The fourth-order valence-corrected chi connectivity index (χ4v) is 3.74. The van der Waals surface area contributed by atoms with Gasteiger partial charge < -0.3 is 0 Å².